The molecule has 0 saturated carbocycles. The number of ether oxygens (including phenoxy) is 1. The zero-order valence-electron chi connectivity index (χ0n) is 15.2. The van der Waals surface area contributed by atoms with E-state index < -0.39 is 0 Å². The summed E-state index contributed by atoms with van der Waals surface area (Å²) in [6, 6.07) is 12.3. The maximum atomic E-state index is 12.5. The van der Waals surface area contributed by atoms with Crippen molar-refractivity contribution in [3.05, 3.63) is 64.2 Å². The number of hydrogen-bond donors (Lipinski definition) is 0. The quantitative estimate of drug-likeness (QED) is 0.717. The van der Waals surface area contributed by atoms with Crippen molar-refractivity contribution < 1.29 is 4.74 Å². The average Bonchev–Trinajstić information content (AvgIpc) is 3.16. The fourth-order valence-electron chi connectivity index (χ4n) is 4.22. The average molecular weight is 362 g/mol. The molecule has 1 atom stereocenters. The highest BCUT2D eigenvalue weighted by Gasteiger charge is 2.28. The number of hydrogen-bond acceptors (Lipinski definition) is 5. The summed E-state index contributed by atoms with van der Waals surface area (Å²) in [7, 11) is 0. The van der Waals surface area contributed by atoms with Crippen molar-refractivity contribution in [3.8, 4) is 0 Å². The number of anilines is 1. The van der Waals surface area contributed by atoms with E-state index in [0.29, 0.717) is 19.8 Å². The SMILES string of the molecule is O=c1cc2c(nn1CC1CCCN1c1nccc3ccccc13)CCOC2. The maximum absolute atomic E-state index is 12.5. The Hall–Kier alpha value is -2.73. The Bertz CT molecular complexity index is 1040. The lowest BCUT2D eigenvalue weighted by Crippen LogP contribution is -2.38. The van der Waals surface area contributed by atoms with Crippen LogP contribution in [0.4, 0.5) is 5.82 Å². The summed E-state index contributed by atoms with van der Waals surface area (Å²) in [6.45, 7) is 2.72. The van der Waals surface area contributed by atoms with Crippen LogP contribution in [-0.2, 0) is 24.3 Å². The standard InChI is InChI=1S/C21H22N4O2/c26-20-12-16-14-27-11-8-19(16)23-25(20)13-17-5-3-10-24(17)21-18-6-2-1-4-15(18)7-9-22-21/h1-2,4,6-7,9,12,17H,3,5,8,10-11,13-14H2. The van der Waals surface area contributed by atoms with Gasteiger partial charge in [-0.05, 0) is 24.3 Å². The van der Waals surface area contributed by atoms with E-state index in [9.17, 15) is 4.79 Å². The minimum Gasteiger partial charge on any atom is -0.376 e. The molecule has 0 bridgehead atoms. The fraction of sp³-hybridized carbons (Fsp3) is 0.381. The van der Waals surface area contributed by atoms with Gasteiger partial charge in [-0.25, -0.2) is 9.67 Å². The third kappa shape index (κ3) is 3.00. The summed E-state index contributed by atoms with van der Waals surface area (Å²) in [5, 5.41) is 7.00. The third-order valence-corrected chi connectivity index (χ3v) is 5.59. The summed E-state index contributed by atoms with van der Waals surface area (Å²) in [4.78, 5) is 19.6. The molecule has 1 fully saturated rings. The summed E-state index contributed by atoms with van der Waals surface area (Å²) in [5.41, 5.74) is 1.88. The first-order valence-corrected chi connectivity index (χ1v) is 9.58. The summed E-state index contributed by atoms with van der Waals surface area (Å²) < 4.78 is 7.07. The molecule has 1 aromatic carbocycles. The molecule has 0 radical (unpaired) electrons. The maximum Gasteiger partial charge on any atom is 0.267 e. The first kappa shape index (κ1) is 16.4. The fourth-order valence-corrected chi connectivity index (χ4v) is 4.22. The lowest BCUT2D eigenvalue weighted by molar-refractivity contribution is 0.108. The highest BCUT2D eigenvalue weighted by atomic mass is 16.5. The van der Waals surface area contributed by atoms with E-state index in [1.54, 1.807) is 10.7 Å². The van der Waals surface area contributed by atoms with Gasteiger partial charge in [0.25, 0.3) is 5.56 Å². The highest BCUT2D eigenvalue weighted by molar-refractivity contribution is 5.92. The minimum atomic E-state index is -0.0445. The van der Waals surface area contributed by atoms with Crippen molar-refractivity contribution >= 4 is 16.6 Å². The zero-order valence-corrected chi connectivity index (χ0v) is 15.2. The molecule has 1 unspecified atom stereocenters. The predicted molar refractivity (Wildman–Crippen MR) is 104 cm³/mol. The summed E-state index contributed by atoms with van der Waals surface area (Å²) in [5.74, 6) is 1.01. The second kappa shape index (κ2) is 6.78. The largest absolute Gasteiger partial charge is 0.376 e. The molecule has 2 aliphatic heterocycles. The van der Waals surface area contributed by atoms with Gasteiger partial charge in [-0.15, -0.1) is 0 Å². The molecule has 138 valence electrons. The molecule has 27 heavy (non-hydrogen) atoms. The highest BCUT2D eigenvalue weighted by Crippen LogP contribution is 2.30. The van der Waals surface area contributed by atoms with Crippen LogP contribution in [0.3, 0.4) is 0 Å². The Labute approximate surface area is 157 Å². The van der Waals surface area contributed by atoms with E-state index in [0.717, 1.165) is 48.3 Å². The molecule has 6 heteroatoms. The second-order valence-electron chi connectivity index (χ2n) is 7.28. The molecule has 0 amide bonds. The van der Waals surface area contributed by atoms with Crippen molar-refractivity contribution in [3.63, 3.8) is 0 Å². The van der Waals surface area contributed by atoms with Crippen LogP contribution in [0.15, 0.2) is 47.4 Å². The Kier molecular flexibility index (Phi) is 4.13. The Morgan fingerprint density at radius 2 is 2.15 bits per heavy atom. The molecule has 0 spiro atoms. The topological polar surface area (TPSA) is 60.2 Å². The van der Waals surface area contributed by atoms with Crippen LogP contribution in [0.1, 0.15) is 24.1 Å². The lowest BCUT2D eigenvalue weighted by atomic mass is 10.1. The molecule has 0 aliphatic carbocycles. The number of nitrogens with zero attached hydrogens (tertiary/aromatic N) is 4. The van der Waals surface area contributed by atoms with Crippen LogP contribution in [0.2, 0.25) is 0 Å². The van der Waals surface area contributed by atoms with Crippen LogP contribution in [0, 0.1) is 0 Å². The predicted octanol–water partition coefficient (Wildman–Crippen LogP) is 2.53. The van der Waals surface area contributed by atoms with E-state index in [4.69, 9.17) is 4.74 Å². The van der Waals surface area contributed by atoms with E-state index in [2.05, 4.69) is 33.2 Å². The third-order valence-electron chi connectivity index (χ3n) is 5.59. The van der Waals surface area contributed by atoms with Gasteiger partial charge in [-0.2, -0.15) is 5.10 Å². The number of fused-ring (bicyclic) bond motifs is 2. The van der Waals surface area contributed by atoms with Gasteiger partial charge >= 0.3 is 0 Å². The first-order chi connectivity index (χ1) is 13.3. The lowest BCUT2D eigenvalue weighted by Gasteiger charge is -2.27. The van der Waals surface area contributed by atoms with Gasteiger partial charge in [0.1, 0.15) is 5.82 Å². The van der Waals surface area contributed by atoms with Gasteiger partial charge in [0.05, 0.1) is 31.5 Å². The van der Waals surface area contributed by atoms with Crippen LogP contribution < -0.4 is 10.5 Å². The van der Waals surface area contributed by atoms with Gasteiger partial charge in [-0.3, -0.25) is 4.79 Å². The number of benzene rings is 1. The van der Waals surface area contributed by atoms with Crippen LogP contribution in [-0.4, -0.2) is 34.0 Å². The van der Waals surface area contributed by atoms with Crippen molar-refractivity contribution in [2.75, 3.05) is 18.1 Å². The molecule has 2 aliphatic rings. The van der Waals surface area contributed by atoms with E-state index in [1.807, 2.05) is 18.3 Å². The number of rotatable bonds is 3. The number of pyridine rings is 1. The van der Waals surface area contributed by atoms with E-state index in [1.165, 1.54) is 5.39 Å². The molecule has 6 nitrogen and oxygen atoms in total. The molecule has 5 rings (SSSR count). The molecule has 0 N–H and O–H groups in total. The van der Waals surface area contributed by atoms with Crippen molar-refractivity contribution in [1.82, 2.24) is 14.8 Å². The second-order valence-corrected chi connectivity index (χ2v) is 7.28. The normalized spacial score (nSPS) is 19.4. The van der Waals surface area contributed by atoms with Crippen molar-refractivity contribution in [1.29, 1.82) is 0 Å². The molecule has 3 aromatic rings. The van der Waals surface area contributed by atoms with Gasteiger partial charge in [0, 0.05) is 36.2 Å². The molecular formula is C21H22N4O2. The van der Waals surface area contributed by atoms with Crippen LogP contribution in [0.5, 0.6) is 0 Å². The van der Waals surface area contributed by atoms with Gasteiger partial charge in [0.15, 0.2) is 0 Å². The molecule has 4 heterocycles. The molecular weight excluding hydrogens is 340 g/mol. The Morgan fingerprint density at radius 3 is 3.11 bits per heavy atom. The smallest absolute Gasteiger partial charge is 0.267 e. The Morgan fingerprint density at radius 1 is 1.22 bits per heavy atom. The van der Waals surface area contributed by atoms with Gasteiger partial charge in [-0.1, -0.05) is 24.3 Å². The van der Waals surface area contributed by atoms with Gasteiger partial charge in [0.2, 0.25) is 0 Å². The van der Waals surface area contributed by atoms with E-state index in [-0.39, 0.29) is 11.6 Å². The van der Waals surface area contributed by atoms with Crippen molar-refractivity contribution in [2.45, 2.75) is 38.5 Å². The zero-order chi connectivity index (χ0) is 18.2. The summed E-state index contributed by atoms with van der Waals surface area (Å²) >= 11 is 0. The first-order valence-electron chi connectivity index (χ1n) is 9.58. The monoisotopic (exact) mass is 362 g/mol. The van der Waals surface area contributed by atoms with Crippen molar-refractivity contribution in [2.24, 2.45) is 0 Å². The van der Waals surface area contributed by atoms with E-state index >= 15 is 0 Å². The van der Waals surface area contributed by atoms with Crippen LogP contribution in [0.25, 0.3) is 10.8 Å². The minimum absolute atomic E-state index is 0.0445. The van der Waals surface area contributed by atoms with Crippen LogP contribution >= 0.6 is 0 Å². The summed E-state index contributed by atoms with van der Waals surface area (Å²) in [6.07, 6.45) is 4.79. The molecule has 1 saturated heterocycles. The number of aromatic nitrogens is 3. The Balaban J connectivity index is 1.48. The molecule has 2 aromatic heterocycles. The van der Waals surface area contributed by atoms with Gasteiger partial charge < -0.3 is 9.64 Å².